The van der Waals surface area contributed by atoms with Gasteiger partial charge in [-0.15, -0.1) is 0 Å². The maximum Gasteiger partial charge on any atom is 0.256 e. The molecular formula is C19H20N6O4. The average molecular weight is 396 g/mol. The van der Waals surface area contributed by atoms with Crippen LogP contribution in [0.1, 0.15) is 29.9 Å². The smallest absolute Gasteiger partial charge is 0.256 e. The first-order valence-electron chi connectivity index (χ1n) is 9.15. The molecule has 1 aromatic carbocycles. The van der Waals surface area contributed by atoms with E-state index in [0.29, 0.717) is 23.1 Å². The molecule has 150 valence electrons. The summed E-state index contributed by atoms with van der Waals surface area (Å²) in [5.74, 6) is -0.206. The number of nitrogens with zero attached hydrogens (tertiary/aromatic N) is 4. The van der Waals surface area contributed by atoms with E-state index >= 15 is 0 Å². The van der Waals surface area contributed by atoms with Crippen molar-refractivity contribution in [3.63, 3.8) is 0 Å². The van der Waals surface area contributed by atoms with Crippen LogP contribution in [-0.2, 0) is 9.53 Å². The fourth-order valence-corrected chi connectivity index (χ4v) is 3.24. The van der Waals surface area contributed by atoms with E-state index in [-0.39, 0.29) is 24.2 Å². The molecule has 1 aliphatic heterocycles. The Morgan fingerprint density at radius 3 is 2.79 bits per heavy atom. The Labute approximate surface area is 165 Å². The molecule has 2 amide bonds. The normalized spacial score (nSPS) is 21.2. The minimum Gasteiger partial charge on any atom is -0.390 e. The van der Waals surface area contributed by atoms with Crippen LogP contribution in [0.15, 0.2) is 43.0 Å². The minimum atomic E-state index is -0.733. The van der Waals surface area contributed by atoms with Gasteiger partial charge in [0.05, 0.1) is 12.4 Å². The van der Waals surface area contributed by atoms with Gasteiger partial charge in [0.1, 0.15) is 18.7 Å². The Kier molecular flexibility index (Phi) is 5.19. The highest BCUT2D eigenvalue weighted by atomic mass is 16.5. The van der Waals surface area contributed by atoms with Gasteiger partial charge in [-0.2, -0.15) is 0 Å². The van der Waals surface area contributed by atoms with Gasteiger partial charge in [0, 0.05) is 25.5 Å². The first-order valence-corrected chi connectivity index (χ1v) is 9.15. The molecule has 0 saturated carbocycles. The van der Waals surface area contributed by atoms with E-state index in [1.54, 1.807) is 28.8 Å². The van der Waals surface area contributed by atoms with E-state index in [9.17, 15) is 14.7 Å². The van der Waals surface area contributed by atoms with Gasteiger partial charge in [-0.25, -0.2) is 15.0 Å². The molecule has 0 spiro atoms. The van der Waals surface area contributed by atoms with Gasteiger partial charge in [-0.1, -0.05) is 18.2 Å². The summed E-state index contributed by atoms with van der Waals surface area (Å²) in [7, 11) is 0. The predicted octanol–water partition coefficient (Wildman–Crippen LogP) is 0.863. The number of fused-ring (bicyclic) bond motifs is 1. The third-order valence-corrected chi connectivity index (χ3v) is 4.69. The zero-order chi connectivity index (χ0) is 20.4. The van der Waals surface area contributed by atoms with Gasteiger partial charge in [-0.3, -0.25) is 14.2 Å². The van der Waals surface area contributed by atoms with Crippen molar-refractivity contribution in [2.75, 3.05) is 11.9 Å². The summed E-state index contributed by atoms with van der Waals surface area (Å²) in [6.45, 7) is 1.62. The Hall–Kier alpha value is -3.37. The van der Waals surface area contributed by atoms with Crippen LogP contribution in [0.2, 0.25) is 0 Å². The topological polar surface area (TPSA) is 131 Å². The van der Waals surface area contributed by atoms with Crippen molar-refractivity contribution in [1.29, 1.82) is 0 Å². The number of nitrogens with one attached hydrogen (secondary N) is 2. The summed E-state index contributed by atoms with van der Waals surface area (Å²) in [4.78, 5) is 36.3. The van der Waals surface area contributed by atoms with Crippen LogP contribution >= 0.6 is 0 Å². The van der Waals surface area contributed by atoms with Crippen LogP contribution in [0, 0.1) is 0 Å². The number of rotatable bonds is 5. The molecule has 3 heterocycles. The molecule has 1 aliphatic rings. The van der Waals surface area contributed by atoms with Crippen LogP contribution in [0.3, 0.4) is 0 Å². The van der Waals surface area contributed by atoms with Crippen molar-refractivity contribution >= 4 is 28.8 Å². The molecule has 1 saturated heterocycles. The Bertz CT molecular complexity index is 1040. The van der Waals surface area contributed by atoms with Gasteiger partial charge in [0.25, 0.3) is 5.91 Å². The Balaban J connectivity index is 1.55. The van der Waals surface area contributed by atoms with Gasteiger partial charge in [0.2, 0.25) is 5.91 Å². The van der Waals surface area contributed by atoms with Gasteiger partial charge in [0.15, 0.2) is 17.0 Å². The predicted molar refractivity (Wildman–Crippen MR) is 103 cm³/mol. The number of anilines is 1. The Morgan fingerprint density at radius 2 is 2.03 bits per heavy atom. The van der Waals surface area contributed by atoms with E-state index < -0.39 is 18.4 Å². The summed E-state index contributed by atoms with van der Waals surface area (Å²) in [5, 5.41) is 15.6. The highest BCUT2D eigenvalue weighted by Gasteiger charge is 2.36. The van der Waals surface area contributed by atoms with Crippen LogP contribution in [0.4, 0.5) is 5.82 Å². The van der Waals surface area contributed by atoms with Crippen LogP contribution in [-0.4, -0.2) is 55.2 Å². The number of hydrogen-bond donors (Lipinski definition) is 3. The van der Waals surface area contributed by atoms with Crippen molar-refractivity contribution in [1.82, 2.24) is 24.8 Å². The van der Waals surface area contributed by atoms with E-state index in [0.717, 1.165) is 0 Å². The summed E-state index contributed by atoms with van der Waals surface area (Å²) in [6.07, 6.45) is 1.44. The van der Waals surface area contributed by atoms with Crippen LogP contribution in [0.25, 0.3) is 11.2 Å². The number of aromatic nitrogens is 4. The molecule has 29 heavy (non-hydrogen) atoms. The van der Waals surface area contributed by atoms with Gasteiger partial charge in [-0.05, 0) is 12.1 Å². The number of aliphatic hydroxyl groups excluding tert-OH is 1. The van der Waals surface area contributed by atoms with E-state index in [1.165, 1.54) is 19.6 Å². The van der Waals surface area contributed by atoms with E-state index in [2.05, 4.69) is 25.6 Å². The number of aliphatic hydroxyl groups is 1. The van der Waals surface area contributed by atoms with Gasteiger partial charge < -0.3 is 20.5 Å². The van der Waals surface area contributed by atoms with Crippen LogP contribution < -0.4 is 10.6 Å². The molecule has 2 aromatic heterocycles. The third kappa shape index (κ3) is 3.93. The number of benzene rings is 1. The number of amides is 2. The number of hydrogen-bond acceptors (Lipinski definition) is 7. The van der Waals surface area contributed by atoms with Gasteiger partial charge >= 0.3 is 0 Å². The highest BCUT2D eigenvalue weighted by molar-refractivity contribution is 6.06. The minimum absolute atomic E-state index is 0.191. The summed E-state index contributed by atoms with van der Waals surface area (Å²) >= 11 is 0. The molecule has 0 unspecified atom stereocenters. The van der Waals surface area contributed by atoms with Crippen molar-refractivity contribution in [2.45, 2.75) is 31.8 Å². The fourth-order valence-electron chi connectivity index (χ4n) is 3.24. The molecular weight excluding hydrogens is 376 g/mol. The molecule has 10 heteroatoms. The lowest BCUT2D eigenvalue weighted by Crippen LogP contribution is -2.35. The monoisotopic (exact) mass is 396 g/mol. The number of imidazole rings is 1. The summed E-state index contributed by atoms with van der Waals surface area (Å²) in [5.41, 5.74) is 1.39. The number of ether oxygens (including phenoxy) is 1. The molecule has 0 radical (unpaired) electrons. The van der Waals surface area contributed by atoms with E-state index in [4.69, 9.17) is 4.74 Å². The van der Waals surface area contributed by atoms with Crippen molar-refractivity contribution in [3.05, 3.63) is 48.5 Å². The molecule has 1 fully saturated rings. The van der Waals surface area contributed by atoms with Crippen molar-refractivity contribution in [3.8, 4) is 0 Å². The Morgan fingerprint density at radius 1 is 1.24 bits per heavy atom. The quantitative estimate of drug-likeness (QED) is 0.583. The fraction of sp³-hybridized carbons (Fsp3) is 0.316. The second-order valence-corrected chi connectivity index (χ2v) is 6.74. The lowest BCUT2D eigenvalue weighted by molar-refractivity contribution is -0.120. The maximum absolute atomic E-state index is 12.4. The zero-order valence-electron chi connectivity index (χ0n) is 15.6. The SMILES string of the molecule is CC(=O)NC[C@H]1O[C@@H](n2cnc3c(NC(=O)c4ccccc4)ncnc32)C[C@@H]1O. The third-order valence-electron chi connectivity index (χ3n) is 4.69. The first-order chi connectivity index (χ1) is 14.0. The summed E-state index contributed by atoms with van der Waals surface area (Å²) in [6, 6.07) is 8.79. The lowest BCUT2D eigenvalue weighted by atomic mass is 10.2. The number of carbonyl (C=O) groups is 2. The van der Waals surface area contributed by atoms with E-state index in [1.807, 2.05) is 6.07 Å². The average Bonchev–Trinajstić information content (AvgIpc) is 3.31. The maximum atomic E-state index is 12.4. The first kappa shape index (κ1) is 19.0. The van der Waals surface area contributed by atoms with Crippen molar-refractivity contribution in [2.24, 2.45) is 0 Å². The molecule has 3 aromatic rings. The zero-order valence-corrected chi connectivity index (χ0v) is 15.6. The summed E-state index contributed by atoms with van der Waals surface area (Å²) < 4.78 is 7.56. The highest BCUT2D eigenvalue weighted by Crippen LogP contribution is 2.31. The second kappa shape index (κ2) is 7.94. The lowest BCUT2D eigenvalue weighted by Gasteiger charge is -2.15. The molecule has 0 aliphatic carbocycles. The van der Waals surface area contributed by atoms with Crippen LogP contribution in [0.5, 0.6) is 0 Å². The molecule has 3 atom stereocenters. The molecule has 10 nitrogen and oxygen atoms in total. The number of carbonyl (C=O) groups excluding carboxylic acids is 2. The largest absolute Gasteiger partial charge is 0.390 e. The van der Waals surface area contributed by atoms with Crippen molar-refractivity contribution < 1.29 is 19.4 Å². The molecule has 3 N–H and O–H groups in total. The molecule has 4 rings (SSSR count). The molecule has 0 bridgehead atoms. The second-order valence-electron chi connectivity index (χ2n) is 6.74. The standard InChI is InChI=1S/C19H20N6O4/c1-11(26)20-8-14-13(27)7-15(29-14)25-10-23-16-17(21-9-22-18(16)25)24-19(28)12-5-3-2-4-6-12/h2-6,9-10,13-15,27H,7-8H2,1H3,(H,20,26)(H,21,22,24,28)/t13-,14+,15+/m0/s1.